The smallest absolute Gasteiger partial charge is 0.135 e. The van der Waals surface area contributed by atoms with E-state index in [-0.39, 0.29) is 0 Å². The number of aromatic nitrogens is 4. The zero-order chi connectivity index (χ0) is 76.3. The van der Waals surface area contributed by atoms with Crippen LogP contribution in [-0.4, -0.2) is 18.3 Å². The molecule has 24 rings (SSSR count). The van der Waals surface area contributed by atoms with Crippen LogP contribution in [0.2, 0.25) is 0 Å². The van der Waals surface area contributed by atoms with E-state index >= 15 is 0 Å². The lowest BCUT2D eigenvalue weighted by Gasteiger charge is -2.26. The number of para-hydroxylation sites is 10. The summed E-state index contributed by atoms with van der Waals surface area (Å²) in [5.74, 6) is 0. The average molecular weight is 1480 g/mol. The van der Waals surface area contributed by atoms with Crippen LogP contribution < -0.4 is 9.80 Å². The molecule has 0 atom stereocenters. The summed E-state index contributed by atoms with van der Waals surface area (Å²) < 4.78 is 21.8. The van der Waals surface area contributed by atoms with E-state index in [0.29, 0.717) is 0 Å². The summed E-state index contributed by atoms with van der Waals surface area (Å²) >= 11 is 0. The monoisotopic (exact) mass is 1480 g/mol. The van der Waals surface area contributed by atoms with Gasteiger partial charge in [0.25, 0.3) is 0 Å². The number of hydrogen-bond acceptors (Lipinski definition) is 4. The Bertz CT molecular complexity index is 7890. The molecular formula is C108H70N6O2. The topological polar surface area (TPSA) is 52.5 Å². The van der Waals surface area contributed by atoms with Gasteiger partial charge in [-0.15, -0.1) is 0 Å². The summed E-state index contributed by atoms with van der Waals surface area (Å²) in [6, 6.07) is 153. The van der Waals surface area contributed by atoms with E-state index in [1.807, 2.05) is 24.3 Å². The van der Waals surface area contributed by atoms with Gasteiger partial charge in [-0.25, -0.2) is 0 Å². The quantitative estimate of drug-likeness (QED) is 0.122. The molecule has 0 fully saturated rings. The Morgan fingerprint density at radius 2 is 0.405 bits per heavy atom. The first-order valence-corrected chi connectivity index (χ1v) is 39.5. The van der Waals surface area contributed by atoms with Gasteiger partial charge < -0.3 is 36.9 Å². The van der Waals surface area contributed by atoms with E-state index < -0.39 is 0 Å². The lowest BCUT2D eigenvalue weighted by atomic mass is 10.0. The van der Waals surface area contributed by atoms with Crippen molar-refractivity contribution in [2.75, 3.05) is 9.80 Å². The Balaban J connectivity index is 0.000000137. The molecule has 8 nitrogen and oxygen atoms in total. The molecule has 0 unspecified atom stereocenters. The summed E-state index contributed by atoms with van der Waals surface area (Å²) in [7, 11) is 0. The van der Waals surface area contributed by atoms with Gasteiger partial charge in [0.2, 0.25) is 0 Å². The molecule has 0 spiro atoms. The summed E-state index contributed by atoms with van der Waals surface area (Å²) in [5, 5.41) is 14.4. The van der Waals surface area contributed by atoms with Gasteiger partial charge in [-0.1, -0.05) is 224 Å². The zero-order valence-electron chi connectivity index (χ0n) is 62.9. The van der Waals surface area contributed by atoms with Gasteiger partial charge in [0.15, 0.2) is 0 Å². The highest BCUT2D eigenvalue weighted by Crippen LogP contribution is 2.47. The second-order valence-corrected chi connectivity index (χ2v) is 29.9. The second-order valence-electron chi connectivity index (χ2n) is 29.9. The first-order valence-electron chi connectivity index (χ1n) is 39.5. The minimum Gasteiger partial charge on any atom is -0.456 e. The number of nitrogens with zero attached hydrogens (tertiary/aromatic N) is 6. The van der Waals surface area contributed by atoms with Gasteiger partial charge >= 0.3 is 0 Å². The molecule has 0 aliphatic carbocycles. The zero-order valence-corrected chi connectivity index (χ0v) is 62.9. The molecule has 0 N–H and O–H groups in total. The predicted octanol–water partition coefficient (Wildman–Crippen LogP) is 29.8. The first-order chi connectivity index (χ1) is 57.5. The van der Waals surface area contributed by atoms with Crippen molar-refractivity contribution >= 4 is 165 Å². The van der Waals surface area contributed by atoms with Crippen LogP contribution in [0.15, 0.2) is 433 Å². The molecule has 18 aromatic carbocycles. The molecule has 0 bridgehead atoms. The van der Waals surface area contributed by atoms with Crippen LogP contribution in [-0.2, 0) is 0 Å². The van der Waals surface area contributed by atoms with Crippen molar-refractivity contribution in [3.8, 4) is 45.0 Å². The van der Waals surface area contributed by atoms with Crippen molar-refractivity contribution in [1.82, 2.24) is 18.3 Å². The number of fused-ring (bicyclic) bond motifs is 18. The Labute approximate surface area is 667 Å². The molecular weight excluding hydrogens is 1410 g/mol. The van der Waals surface area contributed by atoms with Gasteiger partial charge in [-0.2, -0.15) is 0 Å². The number of hydrogen-bond donors (Lipinski definition) is 0. The van der Waals surface area contributed by atoms with Crippen molar-refractivity contribution in [2.24, 2.45) is 0 Å². The maximum atomic E-state index is 6.15. The lowest BCUT2D eigenvalue weighted by molar-refractivity contribution is 0.668. The standard InChI is InChI=1S/2C54H35N3O/c1-3-13-38(14-4-1)56-50-21-11-8-18-44(50)47-34-41(29-31-51(47)56)55(40-26-23-36(24-27-40)37-25-32-54-48(33-37)46-19-9-12-22-53(46)58-54)42-28-30-45-43-17-7-10-20-49(43)57(52(45)35-42)39-15-5-2-6-16-39;1-2-12-38(13-3-1)56-51-20-10-6-16-45(51)47-35-42(31-32-52(47)56)55(39-25-22-36(23-26-39)37-24-33-54-48(34-37)46-17-7-11-21-53(46)58-54)40-27-29-41(30-28-40)57-49-18-8-4-14-43(49)44-15-5-9-19-50(44)57/h2*1-35H. The van der Waals surface area contributed by atoms with Crippen molar-refractivity contribution in [1.29, 1.82) is 0 Å². The van der Waals surface area contributed by atoms with E-state index in [1.165, 1.54) is 81.7 Å². The summed E-state index contributed by atoms with van der Waals surface area (Å²) in [4.78, 5) is 4.78. The number of anilines is 6. The minimum absolute atomic E-state index is 0.903. The number of furan rings is 2. The minimum atomic E-state index is 0.903. The highest BCUT2D eigenvalue weighted by Gasteiger charge is 2.24. The molecule has 0 saturated heterocycles. The molecule has 24 aromatic rings. The highest BCUT2D eigenvalue weighted by atomic mass is 16.3. The predicted molar refractivity (Wildman–Crippen MR) is 485 cm³/mol. The molecule has 0 saturated carbocycles. The van der Waals surface area contributed by atoms with Crippen LogP contribution in [0.3, 0.4) is 0 Å². The highest BCUT2D eigenvalue weighted by molar-refractivity contribution is 6.15. The summed E-state index contributed by atoms with van der Waals surface area (Å²) in [6.45, 7) is 0. The fraction of sp³-hybridized carbons (Fsp3) is 0. The fourth-order valence-corrected chi connectivity index (χ4v) is 18.1. The van der Waals surface area contributed by atoms with Gasteiger partial charge in [0.1, 0.15) is 22.3 Å². The normalized spacial score (nSPS) is 11.8. The van der Waals surface area contributed by atoms with Gasteiger partial charge in [-0.3, -0.25) is 0 Å². The summed E-state index contributed by atoms with van der Waals surface area (Å²) in [5.41, 5.74) is 28.8. The molecule has 544 valence electrons. The Kier molecular flexibility index (Phi) is 15.5. The lowest BCUT2D eigenvalue weighted by Crippen LogP contribution is -2.10. The Morgan fingerprint density at radius 1 is 0.147 bits per heavy atom. The molecule has 0 radical (unpaired) electrons. The van der Waals surface area contributed by atoms with E-state index in [1.54, 1.807) is 0 Å². The van der Waals surface area contributed by atoms with E-state index in [2.05, 4.69) is 428 Å². The summed E-state index contributed by atoms with van der Waals surface area (Å²) in [6.07, 6.45) is 0. The average Bonchev–Trinajstić information content (AvgIpc) is 1.58. The third-order valence-corrected chi connectivity index (χ3v) is 23.4. The molecule has 0 aliphatic rings. The van der Waals surface area contributed by atoms with Crippen molar-refractivity contribution in [3.63, 3.8) is 0 Å². The molecule has 8 heteroatoms. The third kappa shape index (κ3) is 10.9. The number of benzene rings is 18. The molecule has 116 heavy (non-hydrogen) atoms. The SMILES string of the molecule is c1ccc(-n2c3ccccc3c3cc(N(c4ccc(-c5ccc6oc7ccccc7c6c5)cc4)c4ccc(-n5c6ccccc6c6ccccc65)cc4)ccc32)cc1.c1ccc(-n2c3ccccc3c3cc(N(c4ccc(-c5ccc6oc7ccccc7c6c5)cc4)c4ccc5c6ccccc6n(-c6ccccc6)c5c4)ccc32)cc1. The van der Waals surface area contributed by atoms with Crippen molar-refractivity contribution < 1.29 is 8.83 Å². The van der Waals surface area contributed by atoms with Crippen LogP contribution in [0.1, 0.15) is 0 Å². The Morgan fingerprint density at radius 3 is 0.802 bits per heavy atom. The molecule has 6 aromatic heterocycles. The largest absolute Gasteiger partial charge is 0.456 e. The Hall–Kier alpha value is -15.6. The molecule has 0 amide bonds. The van der Waals surface area contributed by atoms with Gasteiger partial charge in [-0.05, 0) is 222 Å². The van der Waals surface area contributed by atoms with Gasteiger partial charge in [0, 0.05) is 122 Å². The maximum Gasteiger partial charge on any atom is 0.135 e. The molecule has 6 heterocycles. The van der Waals surface area contributed by atoms with E-state index in [9.17, 15) is 0 Å². The van der Waals surface area contributed by atoms with Crippen molar-refractivity contribution in [3.05, 3.63) is 425 Å². The fourth-order valence-electron chi connectivity index (χ4n) is 18.1. The van der Waals surface area contributed by atoms with Crippen LogP contribution in [0.4, 0.5) is 34.1 Å². The van der Waals surface area contributed by atoms with Crippen LogP contribution in [0, 0.1) is 0 Å². The van der Waals surface area contributed by atoms with Crippen LogP contribution in [0.5, 0.6) is 0 Å². The van der Waals surface area contributed by atoms with E-state index in [0.717, 1.165) is 129 Å². The van der Waals surface area contributed by atoms with Crippen molar-refractivity contribution in [2.45, 2.75) is 0 Å². The maximum absolute atomic E-state index is 6.15. The molecule has 0 aliphatic heterocycles. The van der Waals surface area contributed by atoms with E-state index in [4.69, 9.17) is 8.83 Å². The first kappa shape index (κ1) is 66.2. The second kappa shape index (κ2) is 27.1. The van der Waals surface area contributed by atoms with Crippen LogP contribution >= 0.6 is 0 Å². The van der Waals surface area contributed by atoms with Crippen LogP contribution in [0.25, 0.3) is 176 Å². The third-order valence-electron chi connectivity index (χ3n) is 23.4. The van der Waals surface area contributed by atoms with Gasteiger partial charge in [0.05, 0.1) is 44.1 Å². The number of rotatable bonds is 12.